The fourth-order valence-corrected chi connectivity index (χ4v) is 2.93. The van der Waals surface area contributed by atoms with Gasteiger partial charge in [-0.2, -0.15) is 0 Å². The molecule has 0 bridgehead atoms. The lowest BCUT2D eigenvalue weighted by Gasteiger charge is -2.27. The number of rotatable bonds is 3. The van der Waals surface area contributed by atoms with Gasteiger partial charge in [0.25, 0.3) is 0 Å². The SMILES string of the molecule is CC(NC1CCCCCC1C)c1cccc(F)c1. The summed E-state index contributed by atoms with van der Waals surface area (Å²) in [7, 11) is 0. The zero-order valence-electron chi connectivity index (χ0n) is 11.5. The van der Waals surface area contributed by atoms with Crippen LogP contribution in [0.4, 0.5) is 4.39 Å². The van der Waals surface area contributed by atoms with Crippen LogP contribution in [-0.4, -0.2) is 6.04 Å². The van der Waals surface area contributed by atoms with E-state index in [0.717, 1.165) is 11.5 Å². The Balaban J connectivity index is 1.99. The Morgan fingerprint density at radius 3 is 2.78 bits per heavy atom. The Hall–Kier alpha value is -0.890. The predicted molar refractivity (Wildman–Crippen MR) is 74.0 cm³/mol. The van der Waals surface area contributed by atoms with E-state index in [1.807, 2.05) is 6.07 Å². The molecule has 1 saturated carbocycles. The average Bonchev–Trinajstić information content (AvgIpc) is 2.55. The molecule has 3 atom stereocenters. The lowest BCUT2D eigenvalue weighted by Crippen LogP contribution is -2.36. The normalized spacial score (nSPS) is 26.6. The minimum atomic E-state index is -0.143. The molecule has 0 aromatic heterocycles. The monoisotopic (exact) mass is 249 g/mol. The van der Waals surface area contributed by atoms with E-state index < -0.39 is 0 Å². The highest BCUT2D eigenvalue weighted by molar-refractivity contribution is 5.19. The van der Waals surface area contributed by atoms with Crippen molar-refractivity contribution in [2.75, 3.05) is 0 Å². The molecular formula is C16H24FN. The van der Waals surface area contributed by atoms with Crippen LogP contribution in [0.15, 0.2) is 24.3 Å². The van der Waals surface area contributed by atoms with Gasteiger partial charge in [0.2, 0.25) is 0 Å². The molecule has 0 aliphatic heterocycles. The van der Waals surface area contributed by atoms with E-state index in [-0.39, 0.29) is 11.9 Å². The van der Waals surface area contributed by atoms with Gasteiger partial charge in [-0.15, -0.1) is 0 Å². The molecule has 0 amide bonds. The maximum absolute atomic E-state index is 13.2. The number of hydrogen-bond acceptors (Lipinski definition) is 1. The van der Waals surface area contributed by atoms with E-state index in [0.29, 0.717) is 6.04 Å². The third kappa shape index (κ3) is 3.55. The second kappa shape index (κ2) is 6.33. The molecule has 18 heavy (non-hydrogen) atoms. The molecule has 1 N–H and O–H groups in total. The summed E-state index contributed by atoms with van der Waals surface area (Å²) in [6.45, 7) is 4.47. The van der Waals surface area contributed by atoms with Crippen LogP contribution in [0.25, 0.3) is 0 Å². The summed E-state index contributed by atoms with van der Waals surface area (Å²) >= 11 is 0. The van der Waals surface area contributed by atoms with Crippen LogP contribution >= 0.6 is 0 Å². The van der Waals surface area contributed by atoms with Crippen molar-refractivity contribution >= 4 is 0 Å². The molecule has 0 spiro atoms. The van der Waals surface area contributed by atoms with E-state index in [2.05, 4.69) is 19.2 Å². The lowest BCUT2D eigenvalue weighted by atomic mass is 9.95. The van der Waals surface area contributed by atoms with Gasteiger partial charge in [-0.25, -0.2) is 4.39 Å². The first-order chi connectivity index (χ1) is 8.66. The minimum Gasteiger partial charge on any atom is -0.307 e. The highest BCUT2D eigenvalue weighted by atomic mass is 19.1. The predicted octanol–water partition coefficient (Wildman–Crippen LogP) is 4.45. The van der Waals surface area contributed by atoms with E-state index in [4.69, 9.17) is 0 Å². The minimum absolute atomic E-state index is 0.143. The summed E-state index contributed by atoms with van der Waals surface area (Å²) in [5, 5.41) is 3.69. The number of halogens is 1. The van der Waals surface area contributed by atoms with Crippen molar-refractivity contribution in [3.8, 4) is 0 Å². The summed E-state index contributed by atoms with van der Waals surface area (Å²) < 4.78 is 13.2. The smallest absolute Gasteiger partial charge is 0.123 e. The van der Waals surface area contributed by atoms with Crippen LogP contribution in [0, 0.1) is 11.7 Å². The molecule has 1 nitrogen and oxygen atoms in total. The maximum Gasteiger partial charge on any atom is 0.123 e. The van der Waals surface area contributed by atoms with Gasteiger partial charge in [0.05, 0.1) is 0 Å². The van der Waals surface area contributed by atoms with Crippen LogP contribution < -0.4 is 5.32 Å². The molecule has 1 fully saturated rings. The standard InChI is InChI=1S/C16H24FN/c1-12-7-4-3-5-10-16(12)18-13(2)14-8-6-9-15(17)11-14/h6,8-9,11-13,16,18H,3-5,7,10H2,1-2H3. The van der Waals surface area contributed by atoms with Gasteiger partial charge in [-0.05, 0) is 43.4 Å². The van der Waals surface area contributed by atoms with Crippen molar-refractivity contribution in [2.45, 2.75) is 58.0 Å². The first-order valence-corrected chi connectivity index (χ1v) is 7.18. The first kappa shape index (κ1) is 13.5. The van der Waals surface area contributed by atoms with Gasteiger partial charge in [-0.1, -0.05) is 38.3 Å². The highest BCUT2D eigenvalue weighted by Gasteiger charge is 2.21. The molecule has 2 heteroatoms. The lowest BCUT2D eigenvalue weighted by molar-refractivity contribution is 0.330. The molecule has 1 aliphatic rings. The topological polar surface area (TPSA) is 12.0 Å². The summed E-state index contributed by atoms with van der Waals surface area (Å²) in [6, 6.07) is 7.74. The molecule has 1 aromatic carbocycles. The Kier molecular flexibility index (Phi) is 4.76. The molecule has 0 radical (unpaired) electrons. The Morgan fingerprint density at radius 2 is 2.00 bits per heavy atom. The largest absolute Gasteiger partial charge is 0.307 e. The third-order valence-electron chi connectivity index (χ3n) is 4.17. The maximum atomic E-state index is 13.2. The Morgan fingerprint density at radius 1 is 1.22 bits per heavy atom. The van der Waals surface area contributed by atoms with Gasteiger partial charge < -0.3 is 5.32 Å². The summed E-state index contributed by atoms with van der Waals surface area (Å²) in [6.07, 6.45) is 6.59. The summed E-state index contributed by atoms with van der Waals surface area (Å²) in [5.74, 6) is 0.582. The molecule has 3 unspecified atom stereocenters. The number of hydrogen-bond donors (Lipinski definition) is 1. The van der Waals surface area contributed by atoms with E-state index in [1.165, 1.54) is 38.2 Å². The molecule has 0 saturated heterocycles. The van der Waals surface area contributed by atoms with Crippen molar-refractivity contribution in [3.63, 3.8) is 0 Å². The van der Waals surface area contributed by atoms with Crippen molar-refractivity contribution in [2.24, 2.45) is 5.92 Å². The average molecular weight is 249 g/mol. The zero-order chi connectivity index (χ0) is 13.0. The molecule has 1 aliphatic carbocycles. The fraction of sp³-hybridized carbons (Fsp3) is 0.625. The quantitative estimate of drug-likeness (QED) is 0.781. The van der Waals surface area contributed by atoms with Crippen LogP contribution in [0.5, 0.6) is 0 Å². The molecule has 100 valence electrons. The molecular weight excluding hydrogens is 225 g/mol. The Bertz CT molecular complexity index is 377. The van der Waals surface area contributed by atoms with Gasteiger partial charge in [-0.3, -0.25) is 0 Å². The molecule has 0 heterocycles. The van der Waals surface area contributed by atoms with Gasteiger partial charge in [0.1, 0.15) is 5.82 Å². The summed E-state index contributed by atoms with van der Waals surface area (Å²) in [5.41, 5.74) is 1.05. The van der Waals surface area contributed by atoms with Crippen LogP contribution in [0.2, 0.25) is 0 Å². The molecule has 1 aromatic rings. The van der Waals surface area contributed by atoms with Gasteiger partial charge >= 0.3 is 0 Å². The van der Waals surface area contributed by atoms with Crippen molar-refractivity contribution < 1.29 is 4.39 Å². The van der Waals surface area contributed by atoms with Crippen LogP contribution in [0.1, 0.15) is 57.6 Å². The fourth-order valence-electron chi connectivity index (χ4n) is 2.93. The summed E-state index contributed by atoms with van der Waals surface area (Å²) in [4.78, 5) is 0. The van der Waals surface area contributed by atoms with E-state index >= 15 is 0 Å². The van der Waals surface area contributed by atoms with Gasteiger partial charge in [0, 0.05) is 12.1 Å². The zero-order valence-corrected chi connectivity index (χ0v) is 11.5. The second-order valence-corrected chi connectivity index (χ2v) is 5.67. The van der Waals surface area contributed by atoms with Crippen molar-refractivity contribution in [3.05, 3.63) is 35.6 Å². The highest BCUT2D eigenvalue weighted by Crippen LogP contribution is 2.25. The van der Waals surface area contributed by atoms with Crippen LogP contribution in [0.3, 0.4) is 0 Å². The second-order valence-electron chi connectivity index (χ2n) is 5.67. The van der Waals surface area contributed by atoms with Crippen molar-refractivity contribution in [1.29, 1.82) is 0 Å². The number of benzene rings is 1. The Labute approximate surface area is 110 Å². The van der Waals surface area contributed by atoms with E-state index in [9.17, 15) is 4.39 Å². The van der Waals surface area contributed by atoms with Crippen molar-refractivity contribution in [1.82, 2.24) is 5.32 Å². The number of nitrogens with one attached hydrogen (secondary N) is 1. The first-order valence-electron chi connectivity index (χ1n) is 7.18. The van der Waals surface area contributed by atoms with E-state index in [1.54, 1.807) is 12.1 Å². The van der Waals surface area contributed by atoms with Crippen LogP contribution in [-0.2, 0) is 0 Å². The van der Waals surface area contributed by atoms with Gasteiger partial charge in [0.15, 0.2) is 0 Å². The molecule has 2 rings (SSSR count). The third-order valence-corrected chi connectivity index (χ3v) is 4.17.